The van der Waals surface area contributed by atoms with Crippen molar-refractivity contribution >= 4 is 28.2 Å². The number of thiocarbonyl (C=S) groups is 1. The molecule has 0 N–H and O–H groups in total. The SMILES string of the molecule is O=[S@@](CCCN=C=S)Cc1ccccc1. The Morgan fingerprint density at radius 2 is 2.07 bits per heavy atom. The number of nitrogens with zero attached hydrogens (tertiary/aromatic N) is 1. The third-order valence-corrected chi connectivity index (χ3v) is 3.41. The first-order valence-corrected chi connectivity index (χ1v) is 6.65. The molecule has 0 amide bonds. The standard InChI is InChI=1S/C11H13NOS2/c13-15(8-4-7-12-10-14)9-11-5-2-1-3-6-11/h1-3,5-6H,4,7-9H2/t15-/m0/s1. The summed E-state index contributed by atoms with van der Waals surface area (Å²) < 4.78 is 11.6. The molecule has 0 aliphatic heterocycles. The van der Waals surface area contributed by atoms with Crippen LogP contribution in [0.25, 0.3) is 0 Å². The lowest BCUT2D eigenvalue weighted by Gasteiger charge is -2.00. The van der Waals surface area contributed by atoms with E-state index in [4.69, 9.17) is 0 Å². The van der Waals surface area contributed by atoms with E-state index in [2.05, 4.69) is 22.4 Å². The quantitative estimate of drug-likeness (QED) is 0.433. The van der Waals surface area contributed by atoms with E-state index in [1.54, 1.807) is 0 Å². The van der Waals surface area contributed by atoms with Crippen molar-refractivity contribution in [2.45, 2.75) is 12.2 Å². The van der Waals surface area contributed by atoms with Crippen LogP contribution in [-0.2, 0) is 16.6 Å². The van der Waals surface area contributed by atoms with Crippen molar-refractivity contribution in [3.05, 3.63) is 35.9 Å². The van der Waals surface area contributed by atoms with E-state index < -0.39 is 10.8 Å². The summed E-state index contributed by atoms with van der Waals surface area (Å²) in [5, 5.41) is 2.30. The van der Waals surface area contributed by atoms with Gasteiger partial charge in [0.05, 0.1) is 11.7 Å². The first-order valence-electron chi connectivity index (χ1n) is 4.75. The van der Waals surface area contributed by atoms with Crippen molar-refractivity contribution in [2.24, 2.45) is 4.99 Å². The molecule has 0 aliphatic carbocycles. The van der Waals surface area contributed by atoms with E-state index in [0.29, 0.717) is 18.1 Å². The Labute approximate surface area is 97.9 Å². The minimum Gasteiger partial charge on any atom is -0.259 e. The van der Waals surface area contributed by atoms with Gasteiger partial charge in [0, 0.05) is 22.3 Å². The highest BCUT2D eigenvalue weighted by Gasteiger charge is 2.00. The smallest absolute Gasteiger partial charge is 0.0584 e. The van der Waals surface area contributed by atoms with Gasteiger partial charge in [-0.1, -0.05) is 30.3 Å². The van der Waals surface area contributed by atoms with E-state index in [9.17, 15) is 4.21 Å². The van der Waals surface area contributed by atoms with Gasteiger partial charge in [0.15, 0.2) is 0 Å². The lowest BCUT2D eigenvalue weighted by Crippen LogP contribution is -2.02. The van der Waals surface area contributed by atoms with Crippen LogP contribution in [0, 0.1) is 0 Å². The Balaban J connectivity index is 2.27. The van der Waals surface area contributed by atoms with Gasteiger partial charge in [0.25, 0.3) is 0 Å². The Morgan fingerprint density at radius 3 is 2.73 bits per heavy atom. The average Bonchev–Trinajstić information content (AvgIpc) is 2.26. The third kappa shape index (κ3) is 5.57. The second-order valence-corrected chi connectivity index (χ2v) is 4.86. The number of isothiocyanates is 1. The van der Waals surface area contributed by atoms with Gasteiger partial charge in [-0.05, 0) is 24.2 Å². The molecule has 0 aromatic heterocycles. The van der Waals surface area contributed by atoms with Crippen LogP contribution in [0.3, 0.4) is 0 Å². The van der Waals surface area contributed by atoms with Crippen molar-refractivity contribution in [2.75, 3.05) is 12.3 Å². The summed E-state index contributed by atoms with van der Waals surface area (Å²) in [6.45, 7) is 0.629. The van der Waals surface area contributed by atoms with Crippen LogP contribution in [0.4, 0.5) is 0 Å². The van der Waals surface area contributed by atoms with E-state index in [-0.39, 0.29) is 0 Å². The molecule has 0 heterocycles. The van der Waals surface area contributed by atoms with Crippen LogP contribution in [-0.4, -0.2) is 21.7 Å². The summed E-state index contributed by atoms with van der Waals surface area (Å²) in [4.78, 5) is 3.78. The first-order chi connectivity index (χ1) is 7.33. The number of hydrogen-bond donors (Lipinski definition) is 0. The van der Waals surface area contributed by atoms with Gasteiger partial charge in [-0.2, -0.15) is 0 Å². The van der Waals surface area contributed by atoms with Crippen molar-refractivity contribution < 1.29 is 4.21 Å². The Morgan fingerprint density at radius 1 is 1.33 bits per heavy atom. The maximum atomic E-state index is 11.6. The van der Waals surface area contributed by atoms with Crippen LogP contribution in [0.2, 0.25) is 0 Å². The minimum atomic E-state index is -0.796. The maximum Gasteiger partial charge on any atom is 0.0584 e. The third-order valence-electron chi connectivity index (χ3n) is 1.88. The van der Waals surface area contributed by atoms with Gasteiger partial charge in [-0.3, -0.25) is 4.21 Å². The normalized spacial score (nSPS) is 11.7. The number of rotatable bonds is 6. The summed E-state index contributed by atoms with van der Waals surface area (Å²) in [6.07, 6.45) is 0.809. The number of aliphatic imine (C=N–C) groups is 1. The molecule has 1 aromatic rings. The Kier molecular flexibility index (Phi) is 6.09. The zero-order valence-electron chi connectivity index (χ0n) is 8.39. The van der Waals surface area contributed by atoms with Gasteiger partial charge in [0.1, 0.15) is 0 Å². The predicted molar refractivity (Wildman–Crippen MR) is 67.7 cm³/mol. The lowest BCUT2D eigenvalue weighted by atomic mass is 10.2. The molecule has 0 radical (unpaired) electrons. The topological polar surface area (TPSA) is 29.4 Å². The van der Waals surface area contributed by atoms with Crippen molar-refractivity contribution in [1.29, 1.82) is 0 Å². The molecule has 0 saturated heterocycles. The molecule has 80 valence electrons. The maximum absolute atomic E-state index is 11.6. The van der Waals surface area contributed by atoms with Gasteiger partial charge < -0.3 is 0 Å². The summed E-state index contributed by atoms with van der Waals surface area (Å²) in [7, 11) is -0.796. The highest BCUT2D eigenvalue weighted by molar-refractivity contribution is 7.84. The first kappa shape index (κ1) is 12.2. The largest absolute Gasteiger partial charge is 0.259 e. The number of benzene rings is 1. The molecule has 1 atom stereocenters. The number of hydrogen-bond acceptors (Lipinski definition) is 3. The zero-order valence-corrected chi connectivity index (χ0v) is 10.0. The molecule has 15 heavy (non-hydrogen) atoms. The van der Waals surface area contributed by atoms with Crippen molar-refractivity contribution in [3.63, 3.8) is 0 Å². The van der Waals surface area contributed by atoms with Crippen LogP contribution < -0.4 is 0 Å². The van der Waals surface area contributed by atoms with Crippen LogP contribution in [0.5, 0.6) is 0 Å². The van der Waals surface area contributed by atoms with Gasteiger partial charge in [-0.25, -0.2) is 4.99 Å². The lowest BCUT2D eigenvalue weighted by molar-refractivity contribution is 0.680. The van der Waals surface area contributed by atoms with Crippen molar-refractivity contribution in [1.82, 2.24) is 0 Å². The highest BCUT2D eigenvalue weighted by Crippen LogP contribution is 2.03. The molecule has 0 fully saturated rings. The molecule has 1 rings (SSSR count). The molecule has 0 bridgehead atoms. The van der Waals surface area contributed by atoms with E-state index in [0.717, 1.165) is 12.0 Å². The summed E-state index contributed by atoms with van der Waals surface area (Å²) >= 11 is 4.44. The highest BCUT2D eigenvalue weighted by atomic mass is 32.2. The zero-order chi connectivity index (χ0) is 10.9. The molecule has 0 unspecified atom stereocenters. The summed E-state index contributed by atoms with van der Waals surface area (Å²) in [5.41, 5.74) is 1.12. The molecule has 0 spiro atoms. The van der Waals surface area contributed by atoms with E-state index >= 15 is 0 Å². The monoisotopic (exact) mass is 239 g/mol. The second-order valence-electron chi connectivity index (χ2n) is 3.10. The van der Waals surface area contributed by atoms with E-state index in [1.807, 2.05) is 30.3 Å². The van der Waals surface area contributed by atoms with Gasteiger partial charge >= 0.3 is 0 Å². The molecule has 0 aliphatic rings. The molecule has 2 nitrogen and oxygen atoms in total. The van der Waals surface area contributed by atoms with Crippen molar-refractivity contribution in [3.8, 4) is 0 Å². The van der Waals surface area contributed by atoms with Gasteiger partial charge in [0.2, 0.25) is 0 Å². The fraction of sp³-hybridized carbons (Fsp3) is 0.364. The minimum absolute atomic E-state index is 0.627. The fourth-order valence-electron chi connectivity index (χ4n) is 1.18. The fourth-order valence-corrected chi connectivity index (χ4v) is 2.43. The van der Waals surface area contributed by atoms with Crippen LogP contribution >= 0.6 is 12.2 Å². The summed E-state index contributed by atoms with van der Waals surface area (Å²) in [5.74, 6) is 1.30. The van der Waals surface area contributed by atoms with Crippen LogP contribution in [0.15, 0.2) is 35.3 Å². The molecule has 1 aromatic carbocycles. The molecular weight excluding hydrogens is 226 g/mol. The second kappa shape index (κ2) is 7.46. The summed E-state index contributed by atoms with van der Waals surface area (Å²) in [6, 6.07) is 9.87. The van der Waals surface area contributed by atoms with Gasteiger partial charge in [-0.15, -0.1) is 0 Å². The predicted octanol–water partition coefficient (Wildman–Crippen LogP) is 2.43. The Bertz CT molecular complexity index is 358. The molecule has 4 heteroatoms. The van der Waals surface area contributed by atoms with Crippen LogP contribution in [0.1, 0.15) is 12.0 Å². The Hall–Kier alpha value is -0.830. The molecule has 0 saturated carbocycles. The van der Waals surface area contributed by atoms with E-state index in [1.165, 1.54) is 0 Å². The molecular formula is C11H13NOS2. The average molecular weight is 239 g/mol.